The smallest absolute Gasteiger partial charge is 0.257 e. The number of nitrogens with one attached hydrogen (secondary N) is 1. The number of halogens is 3. The number of rotatable bonds is 5. The Balaban J connectivity index is 1.91. The molecule has 1 heterocycles. The van der Waals surface area contributed by atoms with Crippen molar-refractivity contribution in [3.05, 3.63) is 56.5 Å². The summed E-state index contributed by atoms with van der Waals surface area (Å²) in [5, 5.41) is 3.62. The van der Waals surface area contributed by atoms with Crippen LogP contribution in [0.1, 0.15) is 36.2 Å². The molecule has 2 aromatic carbocycles. The van der Waals surface area contributed by atoms with E-state index in [0.717, 1.165) is 12.0 Å². The van der Waals surface area contributed by atoms with Crippen LogP contribution in [0.5, 0.6) is 0 Å². The highest BCUT2D eigenvalue weighted by Gasteiger charge is 2.30. The molecule has 1 aliphatic heterocycles. The highest BCUT2D eigenvalue weighted by atomic mass is 35.5. The third-order valence-corrected chi connectivity index (χ3v) is 7.49. The number of carbonyl (C=O) groups excluding carboxylic acids is 1. The zero-order valence-electron chi connectivity index (χ0n) is 16.1. The molecular weight excluding hydrogens is 455 g/mol. The van der Waals surface area contributed by atoms with E-state index >= 15 is 0 Å². The van der Waals surface area contributed by atoms with Gasteiger partial charge in [0.1, 0.15) is 0 Å². The van der Waals surface area contributed by atoms with Gasteiger partial charge in [-0.3, -0.25) is 18.2 Å². The van der Waals surface area contributed by atoms with E-state index in [0.29, 0.717) is 35.3 Å². The van der Waals surface area contributed by atoms with Gasteiger partial charge < -0.3 is 5.32 Å². The number of nitrogens with zero attached hydrogens (tertiary/aromatic N) is 1. The molecule has 0 aromatic heterocycles. The van der Waals surface area contributed by atoms with E-state index in [1.165, 1.54) is 10.4 Å². The zero-order chi connectivity index (χ0) is 21.3. The van der Waals surface area contributed by atoms with Gasteiger partial charge in [0.25, 0.3) is 5.91 Å². The van der Waals surface area contributed by atoms with Crippen molar-refractivity contribution in [2.24, 2.45) is 5.92 Å². The Morgan fingerprint density at radius 1 is 1.17 bits per heavy atom. The van der Waals surface area contributed by atoms with Gasteiger partial charge in [0.15, 0.2) is 0 Å². The number of amides is 1. The summed E-state index contributed by atoms with van der Waals surface area (Å²) >= 11 is 18.7. The molecule has 2 aromatic rings. The third kappa shape index (κ3) is 5.32. The largest absolute Gasteiger partial charge is 0.322 e. The molecule has 9 heteroatoms. The minimum Gasteiger partial charge on any atom is -0.322 e. The second kappa shape index (κ2) is 8.92. The molecule has 1 amide bonds. The first-order valence-electron chi connectivity index (χ1n) is 9.20. The second-order valence-corrected chi connectivity index (χ2v) is 10.8. The quantitative estimate of drug-likeness (QED) is 0.434. The van der Waals surface area contributed by atoms with Crippen molar-refractivity contribution < 1.29 is 13.9 Å². The average molecular weight is 478 g/mol. The first-order valence-corrected chi connectivity index (χ1v) is 12.0. The van der Waals surface area contributed by atoms with Crippen LogP contribution in [0.2, 0.25) is 15.1 Å². The Morgan fingerprint density at radius 3 is 2.52 bits per heavy atom. The Hall–Kier alpha value is -1.15. The monoisotopic (exact) mass is 476 g/mol. The molecule has 0 atom stereocenters. The van der Waals surface area contributed by atoms with E-state index in [9.17, 15) is 13.9 Å². The molecule has 1 saturated heterocycles. The molecule has 3 N–H and O–H groups in total. The second-order valence-electron chi connectivity index (χ2n) is 7.48. The zero-order valence-corrected chi connectivity index (χ0v) is 19.2. The molecule has 3 rings (SSSR count). The fraction of sp³-hybridized carbons (Fsp3) is 0.350. The number of hydrogen-bond donors (Lipinski definition) is 3. The van der Waals surface area contributed by atoms with Crippen LogP contribution < -0.4 is 9.62 Å². The van der Waals surface area contributed by atoms with Crippen molar-refractivity contribution in [3.8, 4) is 0 Å². The van der Waals surface area contributed by atoms with Crippen LogP contribution in [0.15, 0.2) is 30.3 Å². The maximum absolute atomic E-state index is 12.9. The van der Waals surface area contributed by atoms with Crippen LogP contribution in [-0.2, 0) is 6.42 Å². The summed E-state index contributed by atoms with van der Waals surface area (Å²) in [5.41, 5.74) is 2.18. The van der Waals surface area contributed by atoms with Gasteiger partial charge in [-0.15, -0.1) is 10.8 Å². The van der Waals surface area contributed by atoms with Crippen molar-refractivity contribution >= 4 is 62.9 Å². The van der Waals surface area contributed by atoms with Crippen LogP contribution in [0.3, 0.4) is 0 Å². The highest BCUT2D eigenvalue weighted by Crippen LogP contribution is 2.52. The highest BCUT2D eigenvalue weighted by molar-refractivity contribution is 8.25. The molecule has 1 fully saturated rings. The van der Waals surface area contributed by atoms with Crippen molar-refractivity contribution in [1.29, 1.82) is 0 Å². The van der Waals surface area contributed by atoms with Gasteiger partial charge in [0, 0.05) is 17.3 Å². The molecule has 0 radical (unpaired) electrons. The van der Waals surface area contributed by atoms with Crippen molar-refractivity contribution in [3.63, 3.8) is 0 Å². The number of carbonyl (C=O) groups is 1. The number of benzene rings is 2. The lowest BCUT2D eigenvalue weighted by atomic mass is 10.0. The minimum absolute atomic E-state index is 0.105. The van der Waals surface area contributed by atoms with Gasteiger partial charge in [0.05, 0.1) is 27.0 Å². The summed E-state index contributed by atoms with van der Waals surface area (Å²) in [4.78, 5) is 12.9. The van der Waals surface area contributed by atoms with Crippen LogP contribution in [-0.4, -0.2) is 27.3 Å². The van der Waals surface area contributed by atoms with Crippen LogP contribution in [0.25, 0.3) is 0 Å². The first kappa shape index (κ1) is 22.5. The van der Waals surface area contributed by atoms with E-state index in [-0.39, 0.29) is 21.4 Å². The Labute approximate surface area is 187 Å². The fourth-order valence-corrected chi connectivity index (χ4v) is 5.62. The predicted molar refractivity (Wildman–Crippen MR) is 124 cm³/mol. The average Bonchev–Trinajstić information content (AvgIpc) is 2.95. The maximum atomic E-state index is 12.9. The molecule has 0 spiro atoms. The summed E-state index contributed by atoms with van der Waals surface area (Å²) in [7, 11) is -2.91. The van der Waals surface area contributed by atoms with Gasteiger partial charge in [-0.25, -0.2) is 0 Å². The molecule has 5 nitrogen and oxygen atoms in total. The SMILES string of the molecule is CC(C)Cc1cc(Cl)cc(NC(=O)c2cc(N3CCCS3(O)O)cc(Cl)c2Cl)c1. The molecule has 29 heavy (non-hydrogen) atoms. The van der Waals surface area contributed by atoms with Gasteiger partial charge in [0.2, 0.25) is 0 Å². The Bertz CT molecular complexity index is 937. The molecule has 158 valence electrons. The number of anilines is 2. The maximum Gasteiger partial charge on any atom is 0.257 e. The molecule has 0 bridgehead atoms. The summed E-state index contributed by atoms with van der Waals surface area (Å²) in [6.07, 6.45) is 1.48. The van der Waals surface area contributed by atoms with E-state index in [1.54, 1.807) is 12.1 Å². The lowest BCUT2D eigenvalue weighted by Crippen LogP contribution is -2.22. The number of hydrogen-bond acceptors (Lipinski definition) is 4. The van der Waals surface area contributed by atoms with Crippen LogP contribution in [0.4, 0.5) is 11.4 Å². The van der Waals surface area contributed by atoms with Gasteiger partial charge in [-0.1, -0.05) is 48.7 Å². The molecule has 0 unspecified atom stereocenters. The lowest BCUT2D eigenvalue weighted by Gasteiger charge is -2.38. The summed E-state index contributed by atoms with van der Waals surface area (Å²) in [5.74, 6) is 0.282. The molecule has 0 aliphatic carbocycles. The summed E-state index contributed by atoms with van der Waals surface area (Å²) in [6.45, 7) is 4.68. The standard InChI is InChI=1S/C20H23Cl3N2O3S/c1-12(2)6-13-7-14(21)9-15(8-13)24-20(26)17-10-16(11-18(22)19(17)23)25-4-3-5-29(25,27)28/h7-12,27-28H,3-6H2,1-2H3,(H,24,26). The topological polar surface area (TPSA) is 72.8 Å². The summed E-state index contributed by atoms with van der Waals surface area (Å²) in [6, 6.07) is 8.49. The van der Waals surface area contributed by atoms with E-state index < -0.39 is 16.7 Å². The lowest BCUT2D eigenvalue weighted by molar-refractivity contribution is 0.102. The fourth-order valence-electron chi connectivity index (χ4n) is 3.35. The van der Waals surface area contributed by atoms with Crippen molar-refractivity contribution in [2.45, 2.75) is 26.7 Å². The Morgan fingerprint density at radius 2 is 1.90 bits per heavy atom. The third-order valence-electron chi connectivity index (χ3n) is 4.54. The van der Waals surface area contributed by atoms with Crippen LogP contribution >= 0.6 is 45.6 Å². The van der Waals surface area contributed by atoms with Gasteiger partial charge >= 0.3 is 0 Å². The minimum atomic E-state index is -2.91. The molecule has 1 aliphatic rings. The summed E-state index contributed by atoms with van der Waals surface area (Å²) < 4.78 is 22.0. The van der Waals surface area contributed by atoms with Gasteiger partial charge in [-0.2, -0.15) is 0 Å². The predicted octanol–water partition coefficient (Wildman–Crippen LogP) is 6.97. The Kier molecular flexibility index (Phi) is 6.93. The first-order chi connectivity index (χ1) is 13.6. The molecule has 0 saturated carbocycles. The van der Waals surface area contributed by atoms with Crippen molar-refractivity contribution in [2.75, 3.05) is 21.9 Å². The van der Waals surface area contributed by atoms with Crippen LogP contribution in [0, 0.1) is 5.92 Å². The normalized spacial score (nSPS) is 16.9. The van der Waals surface area contributed by atoms with Crippen molar-refractivity contribution in [1.82, 2.24) is 0 Å². The van der Waals surface area contributed by atoms with E-state index in [2.05, 4.69) is 19.2 Å². The van der Waals surface area contributed by atoms with E-state index in [1.807, 2.05) is 12.1 Å². The van der Waals surface area contributed by atoms with Gasteiger partial charge in [-0.05, 0) is 54.7 Å². The van der Waals surface area contributed by atoms with E-state index in [4.69, 9.17) is 34.8 Å². The molecular formula is C20H23Cl3N2O3S.